The van der Waals surface area contributed by atoms with Gasteiger partial charge in [0.25, 0.3) is 0 Å². The molecule has 2 heterocycles. The van der Waals surface area contributed by atoms with Crippen LogP contribution < -0.4 is 10.6 Å². The van der Waals surface area contributed by atoms with Crippen molar-refractivity contribution in [1.29, 1.82) is 0 Å². The van der Waals surface area contributed by atoms with Gasteiger partial charge in [-0.3, -0.25) is 9.98 Å². The fourth-order valence-electron chi connectivity index (χ4n) is 2.91. The number of piperazine rings is 1. The first kappa shape index (κ1) is 23.1. The molecule has 6 nitrogen and oxygen atoms in total. The molecular formula is C19H35IN6. The first-order valence-electron chi connectivity index (χ1n) is 9.61. The summed E-state index contributed by atoms with van der Waals surface area (Å²) >= 11 is 0. The van der Waals surface area contributed by atoms with Crippen LogP contribution in [0.25, 0.3) is 0 Å². The minimum Gasteiger partial charge on any atom is -0.357 e. The Morgan fingerprint density at radius 1 is 1.15 bits per heavy atom. The molecule has 26 heavy (non-hydrogen) atoms. The van der Waals surface area contributed by atoms with Gasteiger partial charge in [0.2, 0.25) is 0 Å². The number of pyridine rings is 1. The van der Waals surface area contributed by atoms with Crippen molar-refractivity contribution < 1.29 is 0 Å². The number of nitrogens with zero attached hydrogens (tertiary/aromatic N) is 4. The Hall–Kier alpha value is -0.930. The molecule has 0 unspecified atom stereocenters. The lowest BCUT2D eigenvalue weighted by atomic mass is 10.2. The molecule has 1 aromatic heterocycles. The van der Waals surface area contributed by atoms with Gasteiger partial charge in [0, 0.05) is 64.1 Å². The molecule has 2 rings (SSSR count). The smallest absolute Gasteiger partial charge is 0.191 e. The van der Waals surface area contributed by atoms with Crippen LogP contribution in [0.15, 0.2) is 29.4 Å². The second-order valence-electron chi connectivity index (χ2n) is 6.61. The third kappa shape index (κ3) is 9.68. The second-order valence-corrected chi connectivity index (χ2v) is 6.61. The van der Waals surface area contributed by atoms with E-state index in [9.17, 15) is 0 Å². The Morgan fingerprint density at radius 2 is 1.96 bits per heavy atom. The number of hydrogen-bond acceptors (Lipinski definition) is 4. The van der Waals surface area contributed by atoms with Gasteiger partial charge in [-0.1, -0.05) is 6.07 Å². The Balaban J connectivity index is 0.00000338. The topological polar surface area (TPSA) is 55.8 Å². The van der Waals surface area contributed by atoms with Gasteiger partial charge >= 0.3 is 0 Å². The average molecular weight is 474 g/mol. The van der Waals surface area contributed by atoms with Gasteiger partial charge in [0.1, 0.15) is 0 Å². The number of nitrogens with one attached hydrogen (secondary N) is 2. The fourth-order valence-corrected chi connectivity index (χ4v) is 2.91. The monoisotopic (exact) mass is 474 g/mol. The maximum absolute atomic E-state index is 4.69. The lowest BCUT2D eigenvalue weighted by Crippen LogP contribution is -2.44. The molecule has 2 N–H and O–H groups in total. The zero-order valence-electron chi connectivity index (χ0n) is 16.3. The summed E-state index contributed by atoms with van der Waals surface area (Å²) in [5, 5.41) is 6.71. The van der Waals surface area contributed by atoms with Gasteiger partial charge in [-0.2, -0.15) is 0 Å². The van der Waals surface area contributed by atoms with Crippen molar-refractivity contribution in [2.24, 2.45) is 4.99 Å². The molecule has 0 saturated carbocycles. The number of aromatic nitrogens is 1. The maximum Gasteiger partial charge on any atom is 0.191 e. The molecule has 1 fully saturated rings. The molecule has 0 radical (unpaired) electrons. The zero-order chi connectivity index (χ0) is 17.7. The highest BCUT2D eigenvalue weighted by atomic mass is 127. The van der Waals surface area contributed by atoms with Gasteiger partial charge < -0.3 is 20.4 Å². The normalized spacial score (nSPS) is 16.2. The zero-order valence-corrected chi connectivity index (χ0v) is 18.6. The van der Waals surface area contributed by atoms with E-state index < -0.39 is 0 Å². The summed E-state index contributed by atoms with van der Waals surface area (Å²) in [5.74, 6) is 0.915. The van der Waals surface area contributed by atoms with Gasteiger partial charge in [0.05, 0.1) is 0 Å². The molecule has 1 aromatic rings. The van der Waals surface area contributed by atoms with Crippen LogP contribution in [-0.4, -0.2) is 80.1 Å². The molecule has 0 bridgehead atoms. The molecule has 0 aromatic carbocycles. The van der Waals surface area contributed by atoms with E-state index >= 15 is 0 Å². The van der Waals surface area contributed by atoms with Gasteiger partial charge in [-0.05, 0) is 45.5 Å². The molecule has 0 spiro atoms. The van der Waals surface area contributed by atoms with Gasteiger partial charge in [-0.15, -0.1) is 24.0 Å². The molecule has 0 aliphatic carbocycles. The Bertz CT molecular complexity index is 488. The van der Waals surface area contributed by atoms with Crippen molar-refractivity contribution in [2.75, 3.05) is 59.4 Å². The summed E-state index contributed by atoms with van der Waals surface area (Å²) in [7, 11) is 2.20. The van der Waals surface area contributed by atoms with Crippen LogP contribution in [0.4, 0.5) is 0 Å². The van der Waals surface area contributed by atoms with E-state index in [-0.39, 0.29) is 24.0 Å². The maximum atomic E-state index is 4.69. The number of likely N-dealkylation sites (N-methyl/N-ethyl adjacent to an activating group) is 1. The summed E-state index contributed by atoms with van der Waals surface area (Å²) in [6, 6.07) is 6.04. The number of unbranched alkanes of at least 4 members (excludes halogenated alkanes) is 1. The van der Waals surface area contributed by atoms with Crippen molar-refractivity contribution in [2.45, 2.75) is 26.2 Å². The minimum atomic E-state index is 0. The van der Waals surface area contributed by atoms with Crippen molar-refractivity contribution in [1.82, 2.24) is 25.4 Å². The summed E-state index contributed by atoms with van der Waals surface area (Å²) in [5.41, 5.74) is 1.11. The van der Waals surface area contributed by atoms with Crippen LogP contribution in [-0.2, 0) is 6.42 Å². The van der Waals surface area contributed by atoms with Crippen molar-refractivity contribution in [3.8, 4) is 0 Å². The molecule has 1 saturated heterocycles. The minimum absolute atomic E-state index is 0. The summed E-state index contributed by atoms with van der Waals surface area (Å²) in [4.78, 5) is 14.0. The third-order valence-electron chi connectivity index (χ3n) is 4.49. The predicted octanol–water partition coefficient (Wildman–Crippen LogP) is 1.82. The van der Waals surface area contributed by atoms with E-state index in [1.54, 1.807) is 0 Å². The van der Waals surface area contributed by atoms with E-state index in [4.69, 9.17) is 0 Å². The van der Waals surface area contributed by atoms with Crippen LogP contribution >= 0.6 is 24.0 Å². The van der Waals surface area contributed by atoms with Crippen LogP contribution in [0.1, 0.15) is 25.5 Å². The molecule has 1 aliphatic heterocycles. The summed E-state index contributed by atoms with van der Waals surface area (Å²) < 4.78 is 0. The first-order chi connectivity index (χ1) is 12.3. The SMILES string of the molecule is CCNC(=NCCCCN1CCN(C)CC1)NCCc1ccccn1.I. The Morgan fingerprint density at radius 3 is 2.65 bits per heavy atom. The number of aliphatic imine (C=N–C) groups is 1. The van der Waals surface area contributed by atoms with E-state index in [1.807, 2.05) is 18.3 Å². The van der Waals surface area contributed by atoms with E-state index in [2.05, 4.69) is 50.4 Å². The standard InChI is InChI=1S/C19H34N6.HI/c1-3-20-19(23-12-9-18-8-4-5-10-21-18)22-11-6-7-13-25-16-14-24(2)15-17-25;/h4-5,8,10H,3,6-7,9,11-17H2,1-2H3,(H2,20,22,23);1H. The summed E-state index contributed by atoms with van der Waals surface area (Å²) in [6.45, 7) is 10.7. The molecule has 148 valence electrons. The van der Waals surface area contributed by atoms with Crippen LogP contribution in [0, 0.1) is 0 Å². The molecule has 7 heteroatoms. The molecule has 1 aliphatic rings. The lowest BCUT2D eigenvalue weighted by molar-refractivity contribution is 0.152. The Kier molecular flexibility index (Phi) is 12.6. The van der Waals surface area contributed by atoms with Gasteiger partial charge in [0.15, 0.2) is 5.96 Å². The van der Waals surface area contributed by atoms with Crippen molar-refractivity contribution in [3.63, 3.8) is 0 Å². The largest absolute Gasteiger partial charge is 0.357 e. The average Bonchev–Trinajstić information content (AvgIpc) is 2.64. The quantitative estimate of drug-likeness (QED) is 0.248. The second kappa shape index (κ2) is 14.2. The number of hydrogen-bond donors (Lipinski definition) is 2. The predicted molar refractivity (Wildman–Crippen MR) is 121 cm³/mol. The highest BCUT2D eigenvalue weighted by Gasteiger charge is 2.12. The van der Waals surface area contributed by atoms with E-state index in [1.165, 1.54) is 39.1 Å². The molecular weight excluding hydrogens is 439 g/mol. The molecule has 0 amide bonds. The van der Waals surface area contributed by atoms with Gasteiger partial charge in [-0.25, -0.2) is 0 Å². The third-order valence-corrected chi connectivity index (χ3v) is 4.49. The first-order valence-corrected chi connectivity index (χ1v) is 9.61. The van der Waals surface area contributed by atoms with Crippen LogP contribution in [0.3, 0.4) is 0 Å². The Labute approximate surface area is 175 Å². The highest BCUT2D eigenvalue weighted by molar-refractivity contribution is 14.0. The lowest BCUT2D eigenvalue weighted by Gasteiger charge is -2.32. The number of halogens is 1. The van der Waals surface area contributed by atoms with Crippen molar-refractivity contribution in [3.05, 3.63) is 30.1 Å². The van der Waals surface area contributed by atoms with Crippen molar-refractivity contribution >= 4 is 29.9 Å². The fraction of sp³-hybridized carbons (Fsp3) is 0.684. The summed E-state index contributed by atoms with van der Waals surface area (Å²) in [6.07, 6.45) is 5.12. The number of guanidine groups is 1. The van der Waals surface area contributed by atoms with Crippen LogP contribution in [0.5, 0.6) is 0 Å². The van der Waals surface area contributed by atoms with E-state index in [0.717, 1.165) is 44.1 Å². The highest BCUT2D eigenvalue weighted by Crippen LogP contribution is 2.01. The number of rotatable bonds is 9. The van der Waals surface area contributed by atoms with Crippen LogP contribution in [0.2, 0.25) is 0 Å². The van der Waals surface area contributed by atoms with E-state index in [0.29, 0.717) is 0 Å². The molecule has 0 atom stereocenters.